The first-order valence-electron chi connectivity index (χ1n) is 8.82. The summed E-state index contributed by atoms with van der Waals surface area (Å²) in [6, 6.07) is -0.447. The van der Waals surface area contributed by atoms with Crippen molar-refractivity contribution in [3.05, 3.63) is 0 Å². The molecule has 1 saturated carbocycles. The summed E-state index contributed by atoms with van der Waals surface area (Å²) in [5, 5.41) is 8.66. The van der Waals surface area contributed by atoms with E-state index in [9.17, 15) is 14.4 Å². The van der Waals surface area contributed by atoms with Crippen LogP contribution in [0.2, 0.25) is 0 Å². The number of ether oxygens (including phenoxy) is 1. The van der Waals surface area contributed by atoms with Crippen LogP contribution in [-0.4, -0.2) is 42.6 Å². The van der Waals surface area contributed by atoms with Crippen LogP contribution in [0, 0.1) is 5.41 Å². The van der Waals surface area contributed by atoms with E-state index in [-0.39, 0.29) is 30.5 Å². The third kappa shape index (κ3) is 4.19. The second-order valence-electron chi connectivity index (χ2n) is 7.40. The molecule has 7 nitrogen and oxygen atoms in total. The largest absolute Gasteiger partial charge is 0.466 e. The molecule has 0 aromatic carbocycles. The zero-order valence-electron chi connectivity index (χ0n) is 14.9. The average molecular weight is 339 g/mol. The van der Waals surface area contributed by atoms with Gasteiger partial charge in [-0.05, 0) is 40.0 Å². The average Bonchev–Trinajstić information content (AvgIpc) is 2.98. The topological polar surface area (TPSA) is 96.5 Å². The Balaban J connectivity index is 1.90. The summed E-state index contributed by atoms with van der Waals surface area (Å²) in [7, 11) is 0. The van der Waals surface area contributed by atoms with Crippen molar-refractivity contribution in [3.63, 3.8) is 0 Å². The number of rotatable bonds is 5. The molecule has 136 valence electrons. The van der Waals surface area contributed by atoms with E-state index in [0.29, 0.717) is 19.4 Å². The second kappa shape index (κ2) is 7.40. The van der Waals surface area contributed by atoms with Crippen LogP contribution >= 0.6 is 0 Å². The lowest BCUT2D eigenvalue weighted by atomic mass is 9.86. The summed E-state index contributed by atoms with van der Waals surface area (Å²) in [5.41, 5.74) is -1.08. The number of amides is 3. The molecular formula is C17H29N3O4. The number of esters is 1. The molecule has 3 amide bonds. The van der Waals surface area contributed by atoms with Gasteiger partial charge in [0.25, 0.3) is 0 Å². The maximum Gasteiger partial charge on any atom is 0.315 e. The highest BCUT2D eigenvalue weighted by atomic mass is 16.5. The standard InChI is InChI=1S/C17H29N3O4/c1-4-24-14(22)17(9-5-6-10-17)11-18-15(23)19-12-7-8-13(21)20-16(12,2)3/h12H,4-11H2,1-3H3,(H,20,21)(H2,18,19,23)/t12-/m0/s1. The zero-order chi connectivity index (χ0) is 17.8. The molecule has 0 aromatic heterocycles. The number of urea groups is 1. The first kappa shape index (κ1) is 18.5. The van der Waals surface area contributed by atoms with Crippen LogP contribution in [0.25, 0.3) is 0 Å². The molecule has 2 fully saturated rings. The van der Waals surface area contributed by atoms with E-state index in [1.807, 2.05) is 13.8 Å². The number of nitrogens with one attached hydrogen (secondary N) is 3. The minimum absolute atomic E-state index is 0.00526. The predicted octanol–water partition coefficient (Wildman–Crippen LogP) is 1.47. The first-order valence-corrected chi connectivity index (χ1v) is 8.82. The first-order chi connectivity index (χ1) is 11.3. The molecule has 0 bridgehead atoms. The van der Waals surface area contributed by atoms with Crippen LogP contribution < -0.4 is 16.0 Å². The van der Waals surface area contributed by atoms with E-state index in [1.54, 1.807) is 6.92 Å². The molecule has 7 heteroatoms. The molecule has 0 spiro atoms. The molecule has 1 atom stereocenters. The molecule has 0 radical (unpaired) electrons. The maximum absolute atomic E-state index is 12.3. The highest BCUT2D eigenvalue weighted by Gasteiger charge is 2.43. The molecule has 1 aliphatic carbocycles. The van der Waals surface area contributed by atoms with Crippen LogP contribution in [-0.2, 0) is 14.3 Å². The Labute approximate surface area is 143 Å². The summed E-state index contributed by atoms with van der Waals surface area (Å²) >= 11 is 0. The van der Waals surface area contributed by atoms with E-state index in [4.69, 9.17) is 4.74 Å². The number of carbonyl (C=O) groups is 3. The van der Waals surface area contributed by atoms with Gasteiger partial charge in [-0.2, -0.15) is 0 Å². The quantitative estimate of drug-likeness (QED) is 0.661. The fourth-order valence-corrected chi connectivity index (χ4v) is 3.65. The second-order valence-corrected chi connectivity index (χ2v) is 7.40. The Morgan fingerprint density at radius 1 is 1.29 bits per heavy atom. The lowest BCUT2D eigenvalue weighted by Gasteiger charge is -2.39. The lowest BCUT2D eigenvalue weighted by Crippen LogP contribution is -2.63. The fraction of sp³-hybridized carbons (Fsp3) is 0.824. The Morgan fingerprint density at radius 3 is 2.54 bits per heavy atom. The molecule has 3 N–H and O–H groups in total. The van der Waals surface area contributed by atoms with E-state index in [2.05, 4.69) is 16.0 Å². The third-order valence-electron chi connectivity index (χ3n) is 5.15. The van der Waals surface area contributed by atoms with E-state index >= 15 is 0 Å². The van der Waals surface area contributed by atoms with Gasteiger partial charge in [-0.15, -0.1) is 0 Å². The van der Waals surface area contributed by atoms with Crippen molar-refractivity contribution in [2.45, 2.75) is 70.9 Å². The van der Waals surface area contributed by atoms with Crippen molar-refractivity contribution < 1.29 is 19.1 Å². The number of piperidine rings is 1. The lowest BCUT2D eigenvalue weighted by molar-refractivity contribution is -0.154. The van der Waals surface area contributed by atoms with Crippen LogP contribution in [0.3, 0.4) is 0 Å². The molecular weight excluding hydrogens is 310 g/mol. The maximum atomic E-state index is 12.3. The Bertz CT molecular complexity index is 498. The Kier molecular flexibility index (Phi) is 5.72. The van der Waals surface area contributed by atoms with Gasteiger partial charge in [0, 0.05) is 13.0 Å². The van der Waals surface area contributed by atoms with Gasteiger partial charge in [-0.3, -0.25) is 9.59 Å². The van der Waals surface area contributed by atoms with E-state index in [0.717, 1.165) is 25.7 Å². The number of hydrogen-bond acceptors (Lipinski definition) is 4. The van der Waals surface area contributed by atoms with E-state index in [1.165, 1.54) is 0 Å². The van der Waals surface area contributed by atoms with Crippen molar-refractivity contribution in [2.75, 3.05) is 13.2 Å². The highest BCUT2D eigenvalue weighted by molar-refractivity contribution is 5.81. The molecule has 1 aliphatic heterocycles. The van der Waals surface area contributed by atoms with Crippen molar-refractivity contribution in [3.8, 4) is 0 Å². The summed E-state index contributed by atoms with van der Waals surface area (Å²) in [5.74, 6) is -0.210. The van der Waals surface area contributed by atoms with Crippen LogP contribution in [0.15, 0.2) is 0 Å². The number of hydrogen-bond donors (Lipinski definition) is 3. The minimum atomic E-state index is -0.594. The van der Waals surface area contributed by atoms with Crippen molar-refractivity contribution in [1.29, 1.82) is 0 Å². The van der Waals surface area contributed by atoms with Gasteiger partial charge in [0.2, 0.25) is 5.91 Å². The zero-order valence-corrected chi connectivity index (χ0v) is 14.9. The normalized spacial score (nSPS) is 24.8. The van der Waals surface area contributed by atoms with Gasteiger partial charge < -0.3 is 20.7 Å². The van der Waals surface area contributed by atoms with Gasteiger partial charge in [0.1, 0.15) is 0 Å². The van der Waals surface area contributed by atoms with Crippen LogP contribution in [0.1, 0.15) is 59.3 Å². The molecule has 1 saturated heterocycles. The minimum Gasteiger partial charge on any atom is -0.466 e. The van der Waals surface area contributed by atoms with Gasteiger partial charge in [-0.25, -0.2) is 4.79 Å². The fourth-order valence-electron chi connectivity index (χ4n) is 3.65. The summed E-state index contributed by atoms with van der Waals surface area (Å²) in [4.78, 5) is 36.0. The van der Waals surface area contributed by atoms with E-state index < -0.39 is 11.0 Å². The van der Waals surface area contributed by atoms with Gasteiger partial charge in [-0.1, -0.05) is 12.8 Å². The Morgan fingerprint density at radius 2 is 1.96 bits per heavy atom. The van der Waals surface area contributed by atoms with Gasteiger partial charge >= 0.3 is 12.0 Å². The van der Waals surface area contributed by atoms with Crippen molar-refractivity contribution in [2.24, 2.45) is 5.41 Å². The van der Waals surface area contributed by atoms with Crippen LogP contribution in [0.5, 0.6) is 0 Å². The summed E-state index contributed by atoms with van der Waals surface area (Å²) in [6.07, 6.45) is 4.46. The summed E-state index contributed by atoms with van der Waals surface area (Å²) in [6.45, 7) is 6.22. The van der Waals surface area contributed by atoms with Crippen LogP contribution in [0.4, 0.5) is 4.79 Å². The monoisotopic (exact) mass is 339 g/mol. The molecule has 2 rings (SSSR count). The highest BCUT2D eigenvalue weighted by Crippen LogP contribution is 2.38. The SMILES string of the molecule is CCOC(=O)C1(CNC(=O)N[C@H]2CCC(=O)NC2(C)C)CCCC1. The number of carbonyl (C=O) groups excluding carboxylic acids is 3. The van der Waals surface area contributed by atoms with Crippen molar-refractivity contribution >= 4 is 17.9 Å². The smallest absolute Gasteiger partial charge is 0.315 e. The molecule has 0 aromatic rings. The molecule has 2 aliphatic rings. The van der Waals surface area contributed by atoms with Gasteiger partial charge in [0.05, 0.1) is 23.6 Å². The Hall–Kier alpha value is -1.79. The molecule has 0 unspecified atom stereocenters. The van der Waals surface area contributed by atoms with Crippen molar-refractivity contribution in [1.82, 2.24) is 16.0 Å². The predicted molar refractivity (Wildman–Crippen MR) is 89.3 cm³/mol. The molecule has 24 heavy (non-hydrogen) atoms. The summed E-state index contributed by atoms with van der Waals surface area (Å²) < 4.78 is 5.20. The van der Waals surface area contributed by atoms with Gasteiger partial charge in [0.15, 0.2) is 0 Å². The third-order valence-corrected chi connectivity index (χ3v) is 5.15. The molecule has 1 heterocycles.